The lowest BCUT2D eigenvalue weighted by molar-refractivity contribution is -0.117. The zero-order valence-corrected chi connectivity index (χ0v) is 14.6. The largest absolute Gasteiger partial charge is 0.326 e. The molecule has 2 aromatic rings. The monoisotopic (exact) mass is 357 g/mol. The zero-order valence-electron chi connectivity index (χ0n) is 13.7. The standard InChI is InChI=1S/C18H19N3O3S/c1-2-4-16(22)19-14-8-6-13(7-9-14)18(24)21-20-17(23)11-10-15-5-3-12-25-15/h3,5-12H,2,4H2,1H3,(H,19,22)(H,20,23)(H,21,24)/b11-10+. The molecule has 0 radical (unpaired) electrons. The summed E-state index contributed by atoms with van der Waals surface area (Å²) in [6.45, 7) is 1.93. The molecule has 1 aromatic heterocycles. The van der Waals surface area contributed by atoms with Gasteiger partial charge in [-0.1, -0.05) is 13.0 Å². The van der Waals surface area contributed by atoms with Crippen LogP contribution in [0.1, 0.15) is 35.0 Å². The maximum atomic E-state index is 12.0. The molecule has 0 aliphatic heterocycles. The van der Waals surface area contributed by atoms with E-state index in [1.54, 1.807) is 30.3 Å². The third-order valence-electron chi connectivity index (χ3n) is 3.15. The molecule has 25 heavy (non-hydrogen) atoms. The number of rotatable bonds is 6. The highest BCUT2D eigenvalue weighted by atomic mass is 32.1. The minimum Gasteiger partial charge on any atom is -0.326 e. The van der Waals surface area contributed by atoms with Crippen molar-refractivity contribution in [1.82, 2.24) is 10.9 Å². The van der Waals surface area contributed by atoms with Crippen LogP contribution in [0.4, 0.5) is 5.69 Å². The molecular weight excluding hydrogens is 338 g/mol. The first-order valence-corrected chi connectivity index (χ1v) is 8.68. The van der Waals surface area contributed by atoms with Crippen LogP contribution in [0.2, 0.25) is 0 Å². The van der Waals surface area contributed by atoms with Crippen molar-refractivity contribution in [3.8, 4) is 0 Å². The maximum Gasteiger partial charge on any atom is 0.269 e. The molecule has 1 heterocycles. The van der Waals surface area contributed by atoms with Crippen molar-refractivity contribution in [1.29, 1.82) is 0 Å². The van der Waals surface area contributed by atoms with Crippen molar-refractivity contribution in [3.05, 3.63) is 58.3 Å². The maximum absolute atomic E-state index is 12.0. The Hall–Kier alpha value is -2.93. The van der Waals surface area contributed by atoms with E-state index >= 15 is 0 Å². The molecule has 0 spiro atoms. The van der Waals surface area contributed by atoms with E-state index in [1.165, 1.54) is 17.4 Å². The first-order chi connectivity index (χ1) is 12.1. The van der Waals surface area contributed by atoms with Gasteiger partial charge in [-0.05, 0) is 48.2 Å². The fourth-order valence-corrected chi connectivity index (χ4v) is 2.55. The molecule has 7 heteroatoms. The summed E-state index contributed by atoms with van der Waals surface area (Å²) < 4.78 is 0. The molecule has 2 rings (SSSR count). The topological polar surface area (TPSA) is 87.3 Å². The number of carbonyl (C=O) groups excluding carboxylic acids is 3. The molecule has 0 atom stereocenters. The summed E-state index contributed by atoms with van der Waals surface area (Å²) in [4.78, 5) is 36.1. The highest BCUT2D eigenvalue weighted by molar-refractivity contribution is 7.10. The van der Waals surface area contributed by atoms with Gasteiger partial charge in [-0.3, -0.25) is 25.2 Å². The Morgan fingerprint density at radius 2 is 1.84 bits per heavy atom. The lowest BCUT2D eigenvalue weighted by Gasteiger charge is -2.07. The fraction of sp³-hybridized carbons (Fsp3) is 0.167. The summed E-state index contributed by atoms with van der Waals surface area (Å²) in [5.74, 6) is -0.931. The summed E-state index contributed by atoms with van der Waals surface area (Å²) in [5, 5.41) is 4.65. The number of benzene rings is 1. The van der Waals surface area contributed by atoms with E-state index in [0.717, 1.165) is 11.3 Å². The van der Waals surface area contributed by atoms with Gasteiger partial charge in [-0.15, -0.1) is 11.3 Å². The van der Waals surface area contributed by atoms with Crippen LogP contribution in [0.15, 0.2) is 47.9 Å². The van der Waals surface area contributed by atoms with Gasteiger partial charge in [0.15, 0.2) is 0 Å². The van der Waals surface area contributed by atoms with Crippen LogP contribution in [0.5, 0.6) is 0 Å². The molecule has 0 saturated carbocycles. The highest BCUT2D eigenvalue weighted by Gasteiger charge is 2.07. The molecule has 3 N–H and O–H groups in total. The number of carbonyl (C=O) groups is 3. The van der Waals surface area contributed by atoms with Crippen LogP contribution in [0.25, 0.3) is 6.08 Å². The molecular formula is C18H19N3O3S. The molecule has 0 aliphatic rings. The number of hydrazine groups is 1. The smallest absolute Gasteiger partial charge is 0.269 e. The summed E-state index contributed by atoms with van der Waals surface area (Å²) in [5.41, 5.74) is 5.65. The Kier molecular flexibility index (Phi) is 6.91. The lowest BCUT2D eigenvalue weighted by atomic mass is 10.2. The van der Waals surface area contributed by atoms with Crippen molar-refractivity contribution < 1.29 is 14.4 Å². The van der Waals surface area contributed by atoms with E-state index in [4.69, 9.17) is 0 Å². The van der Waals surface area contributed by atoms with Crippen molar-refractivity contribution in [2.75, 3.05) is 5.32 Å². The van der Waals surface area contributed by atoms with E-state index in [1.807, 2.05) is 24.4 Å². The number of hydrogen-bond acceptors (Lipinski definition) is 4. The summed E-state index contributed by atoms with van der Waals surface area (Å²) >= 11 is 1.51. The van der Waals surface area contributed by atoms with Crippen LogP contribution in [0, 0.1) is 0 Å². The Balaban J connectivity index is 1.82. The van der Waals surface area contributed by atoms with E-state index in [-0.39, 0.29) is 5.91 Å². The minimum absolute atomic E-state index is 0.0653. The lowest BCUT2D eigenvalue weighted by Crippen LogP contribution is -2.40. The van der Waals surface area contributed by atoms with Gasteiger partial charge in [0.1, 0.15) is 0 Å². The van der Waals surface area contributed by atoms with Gasteiger partial charge >= 0.3 is 0 Å². The number of anilines is 1. The second kappa shape index (κ2) is 9.39. The van der Waals surface area contributed by atoms with Gasteiger partial charge < -0.3 is 5.32 Å². The molecule has 0 saturated heterocycles. The van der Waals surface area contributed by atoms with Gasteiger partial charge in [0.05, 0.1) is 0 Å². The average molecular weight is 357 g/mol. The zero-order chi connectivity index (χ0) is 18.1. The molecule has 0 fully saturated rings. The van der Waals surface area contributed by atoms with E-state index in [9.17, 15) is 14.4 Å². The number of thiophene rings is 1. The third-order valence-corrected chi connectivity index (χ3v) is 3.99. The third kappa shape index (κ3) is 6.23. The summed E-state index contributed by atoms with van der Waals surface area (Å²) in [6.07, 6.45) is 4.23. The Labute approximate surface area is 149 Å². The molecule has 0 unspecified atom stereocenters. The van der Waals surface area contributed by atoms with Gasteiger partial charge in [0.2, 0.25) is 5.91 Å². The Morgan fingerprint density at radius 1 is 1.08 bits per heavy atom. The fourth-order valence-electron chi connectivity index (χ4n) is 1.93. The molecule has 0 aliphatic carbocycles. The van der Waals surface area contributed by atoms with Crippen molar-refractivity contribution in [2.45, 2.75) is 19.8 Å². The summed E-state index contributed by atoms with van der Waals surface area (Å²) in [6, 6.07) is 10.2. The van der Waals surface area contributed by atoms with E-state index in [2.05, 4.69) is 16.2 Å². The molecule has 6 nitrogen and oxygen atoms in total. The first kappa shape index (κ1) is 18.4. The number of hydrogen-bond donors (Lipinski definition) is 3. The second-order valence-electron chi connectivity index (χ2n) is 5.17. The van der Waals surface area contributed by atoms with Crippen molar-refractivity contribution in [3.63, 3.8) is 0 Å². The minimum atomic E-state index is -0.440. The molecule has 130 valence electrons. The predicted octanol–water partition coefficient (Wildman–Crippen LogP) is 2.96. The molecule has 1 aromatic carbocycles. The van der Waals surface area contributed by atoms with Crippen LogP contribution in [-0.4, -0.2) is 17.7 Å². The van der Waals surface area contributed by atoms with E-state index < -0.39 is 11.8 Å². The predicted molar refractivity (Wildman–Crippen MR) is 98.9 cm³/mol. The van der Waals surface area contributed by atoms with Gasteiger partial charge in [-0.25, -0.2) is 0 Å². The number of amides is 3. The quantitative estimate of drug-likeness (QED) is 0.549. The Bertz CT molecular complexity index is 752. The van der Waals surface area contributed by atoms with Crippen molar-refractivity contribution in [2.24, 2.45) is 0 Å². The van der Waals surface area contributed by atoms with Crippen LogP contribution >= 0.6 is 11.3 Å². The first-order valence-electron chi connectivity index (χ1n) is 7.80. The normalized spacial score (nSPS) is 10.4. The summed E-state index contributed by atoms with van der Waals surface area (Å²) in [7, 11) is 0. The van der Waals surface area contributed by atoms with Gasteiger partial charge in [0, 0.05) is 28.6 Å². The molecule has 3 amide bonds. The van der Waals surface area contributed by atoms with Gasteiger partial charge in [-0.2, -0.15) is 0 Å². The number of nitrogens with one attached hydrogen (secondary N) is 3. The van der Waals surface area contributed by atoms with Crippen LogP contribution in [-0.2, 0) is 9.59 Å². The van der Waals surface area contributed by atoms with Crippen molar-refractivity contribution >= 4 is 40.8 Å². The average Bonchev–Trinajstić information content (AvgIpc) is 3.12. The SMILES string of the molecule is CCCC(=O)Nc1ccc(C(=O)NNC(=O)/C=C/c2cccs2)cc1. The molecule has 0 bridgehead atoms. The van der Waals surface area contributed by atoms with Crippen LogP contribution < -0.4 is 16.2 Å². The van der Waals surface area contributed by atoms with Gasteiger partial charge in [0.25, 0.3) is 11.8 Å². The second-order valence-corrected chi connectivity index (χ2v) is 6.15. The van der Waals surface area contributed by atoms with Crippen LogP contribution in [0.3, 0.4) is 0 Å². The highest BCUT2D eigenvalue weighted by Crippen LogP contribution is 2.11. The Morgan fingerprint density at radius 3 is 2.48 bits per heavy atom. The van der Waals surface area contributed by atoms with E-state index in [0.29, 0.717) is 17.7 Å².